The van der Waals surface area contributed by atoms with E-state index in [2.05, 4.69) is 5.32 Å². The zero-order chi connectivity index (χ0) is 16.2. The summed E-state index contributed by atoms with van der Waals surface area (Å²) in [5, 5.41) is 7.32. The standard InChI is InChI=1S/C13H18F2N2O3S/c1-3-5-8(4-2)17-13(18)11-9(14)6-7-10(12(11)15)21(16,19)20/h6-8H,3-5H2,1-2H3,(H,17,18)(H2,16,19,20). The van der Waals surface area contributed by atoms with Crippen molar-refractivity contribution in [3.05, 3.63) is 29.3 Å². The lowest BCUT2D eigenvalue weighted by molar-refractivity contribution is 0.0924. The first-order valence-electron chi connectivity index (χ1n) is 6.54. The van der Waals surface area contributed by atoms with Gasteiger partial charge in [-0.05, 0) is 25.0 Å². The summed E-state index contributed by atoms with van der Waals surface area (Å²) in [5.74, 6) is -3.60. The van der Waals surface area contributed by atoms with Crippen molar-refractivity contribution in [2.75, 3.05) is 0 Å². The fourth-order valence-electron chi connectivity index (χ4n) is 1.95. The Morgan fingerprint density at radius 3 is 2.43 bits per heavy atom. The fourth-order valence-corrected chi connectivity index (χ4v) is 2.56. The molecular weight excluding hydrogens is 302 g/mol. The third-order valence-electron chi connectivity index (χ3n) is 3.05. The lowest BCUT2D eigenvalue weighted by atomic mass is 10.1. The average molecular weight is 320 g/mol. The molecule has 0 aromatic heterocycles. The third-order valence-corrected chi connectivity index (χ3v) is 3.98. The SMILES string of the molecule is CCCC(CC)NC(=O)c1c(F)ccc(S(N)(=O)=O)c1F. The minimum absolute atomic E-state index is 0.237. The van der Waals surface area contributed by atoms with Crippen LogP contribution in [-0.2, 0) is 10.0 Å². The number of amides is 1. The zero-order valence-electron chi connectivity index (χ0n) is 11.8. The summed E-state index contributed by atoms with van der Waals surface area (Å²) in [5.41, 5.74) is -0.934. The number of hydrogen-bond acceptors (Lipinski definition) is 3. The van der Waals surface area contributed by atoms with Crippen LogP contribution in [0.3, 0.4) is 0 Å². The predicted molar refractivity (Wildman–Crippen MR) is 74.2 cm³/mol. The summed E-state index contributed by atoms with van der Waals surface area (Å²) < 4.78 is 50.1. The molecule has 1 rings (SSSR count). The quantitative estimate of drug-likeness (QED) is 0.839. The smallest absolute Gasteiger partial charge is 0.257 e. The van der Waals surface area contributed by atoms with E-state index >= 15 is 0 Å². The Bertz CT molecular complexity index is 633. The molecule has 5 nitrogen and oxygen atoms in total. The molecule has 0 spiro atoms. The van der Waals surface area contributed by atoms with Crippen LogP contribution in [0.15, 0.2) is 17.0 Å². The molecule has 0 radical (unpaired) electrons. The van der Waals surface area contributed by atoms with Gasteiger partial charge in [-0.15, -0.1) is 0 Å². The molecule has 1 atom stereocenters. The van der Waals surface area contributed by atoms with Crippen molar-refractivity contribution in [2.24, 2.45) is 5.14 Å². The highest BCUT2D eigenvalue weighted by Crippen LogP contribution is 2.20. The molecule has 21 heavy (non-hydrogen) atoms. The maximum Gasteiger partial charge on any atom is 0.257 e. The number of nitrogens with two attached hydrogens (primary N) is 1. The highest BCUT2D eigenvalue weighted by molar-refractivity contribution is 7.89. The highest BCUT2D eigenvalue weighted by Gasteiger charge is 2.26. The van der Waals surface area contributed by atoms with Crippen molar-refractivity contribution in [2.45, 2.75) is 44.0 Å². The largest absolute Gasteiger partial charge is 0.349 e. The van der Waals surface area contributed by atoms with Gasteiger partial charge in [0.15, 0.2) is 5.82 Å². The molecular formula is C13H18F2N2O3S. The first-order valence-corrected chi connectivity index (χ1v) is 8.08. The maximum atomic E-state index is 14.1. The molecule has 1 aromatic carbocycles. The number of primary sulfonamides is 1. The number of halogens is 2. The average Bonchev–Trinajstić information content (AvgIpc) is 2.36. The molecule has 118 valence electrons. The van der Waals surface area contributed by atoms with E-state index < -0.39 is 38.0 Å². The second kappa shape index (κ2) is 6.95. The van der Waals surface area contributed by atoms with Gasteiger partial charge in [-0.3, -0.25) is 4.79 Å². The van der Waals surface area contributed by atoms with E-state index in [-0.39, 0.29) is 6.04 Å². The van der Waals surface area contributed by atoms with E-state index in [0.717, 1.165) is 6.42 Å². The van der Waals surface area contributed by atoms with Crippen LogP contribution in [0.1, 0.15) is 43.5 Å². The Hall–Kier alpha value is -1.54. The Labute approximate surface area is 122 Å². The number of nitrogens with one attached hydrogen (secondary N) is 1. The van der Waals surface area contributed by atoms with Gasteiger partial charge in [0.05, 0.1) is 0 Å². The van der Waals surface area contributed by atoms with E-state index in [0.29, 0.717) is 25.0 Å². The summed E-state index contributed by atoms with van der Waals surface area (Å²) in [6.45, 7) is 3.74. The van der Waals surface area contributed by atoms with Crippen molar-refractivity contribution >= 4 is 15.9 Å². The molecule has 0 heterocycles. The van der Waals surface area contributed by atoms with Gasteiger partial charge < -0.3 is 5.32 Å². The molecule has 1 amide bonds. The number of hydrogen-bond donors (Lipinski definition) is 2. The van der Waals surface area contributed by atoms with Gasteiger partial charge in [0.1, 0.15) is 16.3 Å². The van der Waals surface area contributed by atoms with Crippen molar-refractivity contribution in [3.8, 4) is 0 Å². The van der Waals surface area contributed by atoms with Crippen LogP contribution < -0.4 is 10.5 Å². The van der Waals surface area contributed by atoms with E-state index in [1.54, 1.807) is 0 Å². The topological polar surface area (TPSA) is 89.3 Å². The Kier molecular flexibility index (Phi) is 5.79. The van der Waals surface area contributed by atoms with Gasteiger partial charge >= 0.3 is 0 Å². The van der Waals surface area contributed by atoms with Gasteiger partial charge in [-0.25, -0.2) is 22.3 Å². The first kappa shape index (κ1) is 17.5. The van der Waals surface area contributed by atoms with E-state index in [1.165, 1.54) is 0 Å². The van der Waals surface area contributed by atoms with Crippen molar-refractivity contribution in [3.63, 3.8) is 0 Å². The summed E-state index contributed by atoms with van der Waals surface area (Å²) in [6, 6.07) is 1.16. The van der Waals surface area contributed by atoms with Gasteiger partial charge in [-0.2, -0.15) is 0 Å². The molecule has 0 saturated carbocycles. The first-order chi connectivity index (χ1) is 9.72. The van der Waals surface area contributed by atoms with Crippen LogP contribution in [-0.4, -0.2) is 20.4 Å². The lowest BCUT2D eigenvalue weighted by Gasteiger charge is -2.17. The summed E-state index contributed by atoms with van der Waals surface area (Å²) in [7, 11) is -4.37. The van der Waals surface area contributed by atoms with Gasteiger partial charge in [0.25, 0.3) is 5.91 Å². The molecule has 0 aliphatic carbocycles. The molecule has 0 aliphatic rings. The number of benzene rings is 1. The minimum atomic E-state index is -4.37. The molecule has 3 N–H and O–H groups in total. The van der Waals surface area contributed by atoms with Crippen LogP contribution in [0.4, 0.5) is 8.78 Å². The van der Waals surface area contributed by atoms with Crippen molar-refractivity contribution in [1.29, 1.82) is 0 Å². The number of carbonyl (C=O) groups excluding carboxylic acids is 1. The Morgan fingerprint density at radius 2 is 1.95 bits per heavy atom. The summed E-state index contributed by atoms with van der Waals surface area (Å²) in [4.78, 5) is 11.1. The molecule has 1 aromatic rings. The van der Waals surface area contributed by atoms with Gasteiger partial charge in [-0.1, -0.05) is 20.3 Å². The normalized spacial score (nSPS) is 13.0. The Morgan fingerprint density at radius 1 is 1.33 bits per heavy atom. The fraction of sp³-hybridized carbons (Fsp3) is 0.462. The van der Waals surface area contributed by atoms with Crippen LogP contribution in [0, 0.1) is 11.6 Å². The van der Waals surface area contributed by atoms with Crippen molar-refractivity contribution in [1.82, 2.24) is 5.32 Å². The number of carbonyl (C=O) groups is 1. The number of sulfonamides is 1. The molecule has 8 heteroatoms. The van der Waals surface area contributed by atoms with E-state index in [9.17, 15) is 22.0 Å². The van der Waals surface area contributed by atoms with Crippen molar-refractivity contribution < 1.29 is 22.0 Å². The maximum absolute atomic E-state index is 14.1. The minimum Gasteiger partial charge on any atom is -0.349 e. The third kappa shape index (κ3) is 4.21. The lowest BCUT2D eigenvalue weighted by Crippen LogP contribution is -2.35. The Balaban J connectivity index is 3.21. The predicted octanol–water partition coefficient (Wildman–Crippen LogP) is 1.92. The highest BCUT2D eigenvalue weighted by atomic mass is 32.2. The second-order valence-electron chi connectivity index (χ2n) is 4.65. The molecule has 0 fully saturated rings. The van der Waals surface area contributed by atoms with E-state index in [1.807, 2.05) is 13.8 Å². The van der Waals surface area contributed by atoms with Crippen LogP contribution in [0.2, 0.25) is 0 Å². The molecule has 1 unspecified atom stereocenters. The van der Waals surface area contributed by atoms with E-state index in [4.69, 9.17) is 5.14 Å². The second-order valence-corrected chi connectivity index (χ2v) is 6.18. The van der Waals surface area contributed by atoms with Gasteiger partial charge in [0.2, 0.25) is 10.0 Å². The number of rotatable bonds is 6. The summed E-state index contributed by atoms with van der Waals surface area (Å²) >= 11 is 0. The van der Waals surface area contributed by atoms with Crippen LogP contribution >= 0.6 is 0 Å². The van der Waals surface area contributed by atoms with Gasteiger partial charge in [0, 0.05) is 6.04 Å². The summed E-state index contributed by atoms with van der Waals surface area (Å²) in [6.07, 6.45) is 2.04. The van der Waals surface area contributed by atoms with Crippen LogP contribution in [0.5, 0.6) is 0 Å². The molecule has 0 saturated heterocycles. The monoisotopic (exact) mass is 320 g/mol. The zero-order valence-corrected chi connectivity index (χ0v) is 12.6. The molecule has 0 bridgehead atoms. The molecule has 0 aliphatic heterocycles. The van der Waals surface area contributed by atoms with Crippen LogP contribution in [0.25, 0.3) is 0 Å².